The van der Waals surface area contributed by atoms with E-state index in [1.54, 1.807) is 55.5 Å². The smallest absolute Gasteiger partial charge is 0.338 e. The highest BCUT2D eigenvalue weighted by molar-refractivity contribution is 9.10. The first-order chi connectivity index (χ1) is 22.4. The van der Waals surface area contributed by atoms with Crippen LogP contribution in [-0.2, 0) is 31.1 Å². The van der Waals surface area contributed by atoms with Gasteiger partial charge in [-0.2, -0.15) is 0 Å². The SMILES string of the molecule is CCOC(=O)c1ccc(NC(=O)Cn2c3c(sc2=O)C(c2ccc(C(C)(C)C)cc2)C2C(=O)N(c4ccc(Br)cc4)C(=O)C2S3)cc1. The number of carbonyl (C=O) groups is 4. The molecule has 3 amide bonds. The summed E-state index contributed by atoms with van der Waals surface area (Å²) in [6, 6.07) is 21.3. The van der Waals surface area contributed by atoms with Crippen LogP contribution in [0, 0.1) is 5.92 Å². The number of aromatic nitrogens is 1. The lowest BCUT2D eigenvalue weighted by Gasteiger charge is -2.31. The van der Waals surface area contributed by atoms with Gasteiger partial charge in [-0.25, -0.2) is 9.69 Å². The minimum Gasteiger partial charge on any atom is -0.462 e. The predicted octanol–water partition coefficient (Wildman–Crippen LogP) is 6.58. The molecule has 0 saturated carbocycles. The summed E-state index contributed by atoms with van der Waals surface area (Å²) in [4.78, 5) is 68.4. The van der Waals surface area contributed by atoms with Crippen LogP contribution in [0.1, 0.15) is 60.0 Å². The number of hydrogen-bond acceptors (Lipinski definition) is 8. The van der Waals surface area contributed by atoms with Gasteiger partial charge < -0.3 is 10.1 Å². The van der Waals surface area contributed by atoms with E-state index in [4.69, 9.17) is 4.74 Å². The molecule has 6 rings (SSSR count). The maximum Gasteiger partial charge on any atom is 0.338 e. The number of imide groups is 1. The third kappa shape index (κ3) is 6.33. The molecule has 0 bridgehead atoms. The molecule has 1 fully saturated rings. The number of benzene rings is 3. The van der Waals surface area contributed by atoms with Gasteiger partial charge in [0, 0.05) is 21.0 Å². The fourth-order valence-electron chi connectivity index (χ4n) is 5.90. The van der Waals surface area contributed by atoms with Crippen molar-refractivity contribution < 1.29 is 23.9 Å². The molecule has 1 aromatic heterocycles. The first kappa shape index (κ1) is 32.9. The van der Waals surface area contributed by atoms with E-state index >= 15 is 0 Å². The zero-order chi connectivity index (χ0) is 33.6. The van der Waals surface area contributed by atoms with E-state index in [9.17, 15) is 24.0 Å². The Labute approximate surface area is 288 Å². The number of carbonyl (C=O) groups excluding carboxylic acids is 4. The number of hydrogen-bond donors (Lipinski definition) is 1. The molecule has 47 heavy (non-hydrogen) atoms. The average molecular weight is 735 g/mol. The normalized spacial score (nSPS) is 18.9. The Morgan fingerprint density at radius 2 is 1.57 bits per heavy atom. The van der Waals surface area contributed by atoms with Crippen molar-refractivity contribution in [2.24, 2.45) is 5.92 Å². The molecule has 2 aliphatic rings. The van der Waals surface area contributed by atoms with Gasteiger partial charge in [-0.05, 0) is 72.0 Å². The number of thiazole rings is 1. The third-order valence-corrected chi connectivity index (χ3v) is 11.4. The third-order valence-electron chi connectivity index (χ3n) is 8.25. The van der Waals surface area contributed by atoms with Crippen LogP contribution in [0.25, 0.3) is 0 Å². The Bertz CT molecular complexity index is 1930. The fourth-order valence-corrected chi connectivity index (χ4v) is 8.94. The summed E-state index contributed by atoms with van der Waals surface area (Å²) in [6.45, 7) is 8.04. The molecule has 3 heterocycles. The van der Waals surface area contributed by atoms with Gasteiger partial charge in [0.25, 0.3) is 0 Å². The second-order valence-electron chi connectivity index (χ2n) is 12.4. The topological polar surface area (TPSA) is 115 Å². The van der Waals surface area contributed by atoms with Gasteiger partial charge in [0.1, 0.15) is 11.8 Å². The van der Waals surface area contributed by atoms with E-state index in [2.05, 4.69) is 42.0 Å². The van der Waals surface area contributed by atoms with Gasteiger partial charge >= 0.3 is 10.8 Å². The summed E-state index contributed by atoms with van der Waals surface area (Å²) in [6.07, 6.45) is 0. The van der Waals surface area contributed by atoms with Crippen molar-refractivity contribution in [1.82, 2.24) is 4.57 Å². The lowest BCUT2D eigenvalue weighted by molar-refractivity contribution is -0.122. The summed E-state index contributed by atoms with van der Waals surface area (Å²) in [5.74, 6) is -2.87. The van der Waals surface area contributed by atoms with Crippen LogP contribution in [0.3, 0.4) is 0 Å². The van der Waals surface area contributed by atoms with Crippen LogP contribution in [0.5, 0.6) is 0 Å². The maximum atomic E-state index is 14.1. The number of nitrogens with zero attached hydrogens (tertiary/aromatic N) is 2. The largest absolute Gasteiger partial charge is 0.462 e. The zero-order valence-electron chi connectivity index (χ0n) is 26.1. The monoisotopic (exact) mass is 733 g/mol. The Morgan fingerprint density at radius 3 is 2.19 bits per heavy atom. The molecule has 2 aliphatic heterocycles. The Hall–Kier alpha value is -4.00. The number of esters is 1. The highest BCUT2D eigenvalue weighted by Gasteiger charge is 2.56. The van der Waals surface area contributed by atoms with Crippen LogP contribution < -0.4 is 15.1 Å². The van der Waals surface area contributed by atoms with Crippen molar-refractivity contribution >= 4 is 74.1 Å². The number of fused-ring (bicyclic) bond motifs is 2. The van der Waals surface area contributed by atoms with Crippen molar-refractivity contribution in [2.45, 2.75) is 55.8 Å². The van der Waals surface area contributed by atoms with Crippen LogP contribution in [0.15, 0.2) is 87.1 Å². The first-order valence-corrected chi connectivity index (χ1v) is 17.6. The van der Waals surface area contributed by atoms with Crippen molar-refractivity contribution in [3.8, 4) is 0 Å². The molecule has 242 valence electrons. The van der Waals surface area contributed by atoms with Gasteiger partial charge in [-0.1, -0.05) is 84.1 Å². The van der Waals surface area contributed by atoms with Gasteiger partial charge in [0.15, 0.2) is 0 Å². The number of halogens is 1. The number of thioether (sulfide) groups is 1. The second-order valence-corrected chi connectivity index (χ2v) is 15.4. The fraction of sp³-hybridized carbons (Fsp3) is 0.286. The van der Waals surface area contributed by atoms with Crippen LogP contribution in [0.4, 0.5) is 11.4 Å². The van der Waals surface area contributed by atoms with Gasteiger partial charge in [0.05, 0.1) is 28.8 Å². The minimum absolute atomic E-state index is 0.0905. The molecule has 3 atom stereocenters. The van der Waals surface area contributed by atoms with Crippen molar-refractivity contribution in [3.05, 3.63) is 109 Å². The molecule has 1 saturated heterocycles. The van der Waals surface area contributed by atoms with Crippen molar-refractivity contribution in [3.63, 3.8) is 0 Å². The second kappa shape index (κ2) is 12.9. The first-order valence-electron chi connectivity index (χ1n) is 15.1. The van der Waals surface area contributed by atoms with Gasteiger partial charge in [-0.15, -0.1) is 0 Å². The summed E-state index contributed by atoms with van der Waals surface area (Å²) in [7, 11) is 0. The molecular weight excluding hydrogens is 702 g/mol. The van der Waals surface area contributed by atoms with E-state index < -0.39 is 29.0 Å². The van der Waals surface area contributed by atoms with Gasteiger partial charge in [-0.3, -0.25) is 23.7 Å². The number of nitrogens with one attached hydrogen (secondary N) is 1. The van der Waals surface area contributed by atoms with E-state index in [1.165, 1.54) is 21.2 Å². The van der Waals surface area contributed by atoms with E-state index in [1.807, 2.05) is 24.3 Å². The molecule has 0 aliphatic carbocycles. The molecule has 3 unspecified atom stereocenters. The molecule has 1 N–H and O–H groups in total. The highest BCUT2D eigenvalue weighted by Crippen LogP contribution is 2.54. The van der Waals surface area contributed by atoms with Gasteiger partial charge in [0.2, 0.25) is 17.7 Å². The Morgan fingerprint density at radius 1 is 0.915 bits per heavy atom. The predicted molar refractivity (Wildman–Crippen MR) is 186 cm³/mol. The Kier molecular flexibility index (Phi) is 9.03. The summed E-state index contributed by atoms with van der Waals surface area (Å²) in [5.41, 5.74) is 3.14. The molecule has 0 radical (unpaired) electrons. The minimum atomic E-state index is -0.787. The van der Waals surface area contributed by atoms with Crippen molar-refractivity contribution in [2.75, 3.05) is 16.8 Å². The van der Waals surface area contributed by atoms with Crippen LogP contribution >= 0.6 is 39.0 Å². The zero-order valence-corrected chi connectivity index (χ0v) is 29.3. The Balaban J connectivity index is 1.35. The maximum absolute atomic E-state index is 14.1. The highest BCUT2D eigenvalue weighted by atomic mass is 79.9. The summed E-state index contributed by atoms with van der Waals surface area (Å²) < 4.78 is 7.22. The van der Waals surface area contributed by atoms with E-state index in [0.717, 1.165) is 26.9 Å². The van der Waals surface area contributed by atoms with Crippen molar-refractivity contribution in [1.29, 1.82) is 0 Å². The van der Waals surface area contributed by atoms with E-state index in [0.29, 0.717) is 26.8 Å². The number of ether oxygens (including phenoxy) is 1. The van der Waals surface area contributed by atoms with Crippen LogP contribution in [0.2, 0.25) is 0 Å². The number of amides is 3. The molecule has 12 heteroatoms. The number of anilines is 2. The quantitative estimate of drug-likeness (QED) is 0.169. The lowest BCUT2D eigenvalue weighted by atomic mass is 9.81. The number of rotatable bonds is 7. The van der Waals surface area contributed by atoms with E-state index in [-0.39, 0.29) is 35.3 Å². The summed E-state index contributed by atoms with van der Waals surface area (Å²) in [5, 5.41) is 2.51. The van der Waals surface area contributed by atoms with Crippen LogP contribution in [-0.4, -0.2) is 40.1 Å². The molecule has 0 spiro atoms. The molecular formula is C35H32BrN3O6S2. The average Bonchev–Trinajstić information content (AvgIpc) is 3.47. The molecule has 3 aromatic carbocycles. The molecule has 4 aromatic rings. The standard InChI is InChI=1S/C35H32BrN3O6S2/c1-5-45-33(43)20-8-14-23(15-9-20)37-25(40)18-38-32-29(47-34(38)44)26(19-6-10-21(11-7-19)35(2,3)4)27-28(46-32)31(42)39(30(27)41)24-16-12-22(36)13-17-24/h6-17,26-28H,5,18H2,1-4H3,(H,37,40). The lowest BCUT2D eigenvalue weighted by Crippen LogP contribution is -2.33. The molecule has 9 nitrogen and oxygen atoms in total. The summed E-state index contributed by atoms with van der Waals surface area (Å²) >= 11 is 5.59.